The van der Waals surface area contributed by atoms with Gasteiger partial charge in [-0.25, -0.2) is 29.0 Å². The molecule has 6 aromatic rings. The lowest BCUT2D eigenvalue weighted by Crippen LogP contribution is -2.36. The van der Waals surface area contributed by atoms with Crippen LogP contribution in [0, 0.1) is 0 Å². The van der Waals surface area contributed by atoms with E-state index in [1.807, 2.05) is 157 Å². The largest absolute Gasteiger partial charge is 0.464 e. The Bertz CT molecular complexity index is 5530. The predicted octanol–water partition coefficient (Wildman–Crippen LogP) is 19.0. The number of methoxy groups -OCH3 is 1. The van der Waals surface area contributed by atoms with E-state index in [0.29, 0.717) is 35.9 Å². The van der Waals surface area contributed by atoms with Gasteiger partial charge in [0.25, 0.3) is 44.3 Å². The molecule has 1 saturated carbocycles. The molecule has 0 bridgehead atoms. The van der Waals surface area contributed by atoms with Crippen LogP contribution >= 0.6 is 60.5 Å². The minimum Gasteiger partial charge on any atom is -0.464 e. The lowest BCUT2D eigenvalue weighted by Gasteiger charge is -2.24. The van der Waals surface area contributed by atoms with Gasteiger partial charge in [0.05, 0.1) is 36.9 Å². The molecule has 0 spiro atoms. The third-order valence-corrected chi connectivity index (χ3v) is 23.8. The molecule has 0 radical (unpaired) electrons. The number of cyclic esters (lactones) is 2. The highest BCUT2D eigenvalue weighted by Crippen LogP contribution is 2.33. The van der Waals surface area contributed by atoms with E-state index in [9.17, 15) is 47.9 Å². The number of unbranched alkanes of at least 4 members (excludes halogenated alkanes) is 8. The number of hydrogen-bond acceptors (Lipinski definition) is 26. The SMILES string of the molecule is C=CCN1C(=O)O/C(=C/c2ccc(N(CCCC)CCCC)cc2)C1=O.CCCCCCCN1C(=O)/C(=C\c2ccc(N(C)C)cc2)OC1=S.CCCC[n+]1ccccc1/C=C1/OC(=S)N(C(=O)O)C1=O.CCCC[n+]1ccccc1/C=C1/OC(=S)N(CCOC)C1=O.CCN(CC)c1ccc(/C(Cl)=C2/OC(=O)N(C)C2=O)cc1.CCN(CC)c1ccc(/C=C2/OC(=S)N(C(=O)OC3CC3)C2=O)cc1. The van der Waals surface area contributed by atoms with E-state index in [1.54, 1.807) is 36.3 Å². The van der Waals surface area contributed by atoms with Crippen LogP contribution < -0.4 is 28.7 Å². The smallest absolute Gasteiger partial charge is 0.425 e. The van der Waals surface area contributed by atoms with Gasteiger partial charge in [-0.1, -0.05) is 152 Å². The van der Waals surface area contributed by atoms with Crippen molar-refractivity contribution in [3.05, 3.63) is 227 Å². The first-order chi connectivity index (χ1) is 66.9. The second kappa shape index (κ2) is 56.8. The molecule has 6 saturated heterocycles. The number of benzene rings is 4. The zero-order chi connectivity index (χ0) is 101. The van der Waals surface area contributed by atoms with Crippen LogP contribution in [0.1, 0.15) is 192 Å². The van der Waals surface area contributed by atoms with Crippen molar-refractivity contribution < 1.29 is 100 Å². The zero-order valence-electron chi connectivity index (χ0n) is 81.4. The van der Waals surface area contributed by atoms with Crippen LogP contribution in [0.3, 0.4) is 0 Å². The van der Waals surface area contributed by atoms with Crippen molar-refractivity contribution in [1.82, 2.24) is 29.4 Å². The summed E-state index contributed by atoms with van der Waals surface area (Å²) in [5, 5.41) is 8.95. The Morgan fingerprint density at radius 1 is 0.460 bits per heavy atom. The van der Waals surface area contributed by atoms with Gasteiger partial charge in [0.1, 0.15) is 19.2 Å². The fourth-order valence-electron chi connectivity index (χ4n) is 14.1. The molecule has 139 heavy (non-hydrogen) atoms. The molecular formula is C103H127ClN12O19S4+2. The number of pyridine rings is 2. The van der Waals surface area contributed by atoms with Gasteiger partial charge in [-0.3, -0.25) is 38.6 Å². The first-order valence-corrected chi connectivity index (χ1v) is 48.9. The summed E-state index contributed by atoms with van der Waals surface area (Å²) in [4.78, 5) is 134. The molecule has 36 heteroatoms. The number of aromatic nitrogens is 2. The average molecular weight is 2000 g/mol. The maximum Gasteiger partial charge on any atom is 0.425 e. The number of nitrogens with zero attached hydrogens (tertiary/aromatic N) is 12. The quantitative estimate of drug-likeness (QED) is 0.00940. The van der Waals surface area contributed by atoms with Gasteiger partial charge < -0.3 is 62.6 Å². The number of hydrogen-bond donors (Lipinski definition) is 1. The van der Waals surface area contributed by atoms with Gasteiger partial charge in [0, 0.05) is 134 Å². The van der Waals surface area contributed by atoms with Crippen molar-refractivity contribution >= 4 is 199 Å². The molecule has 7 aliphatic rings. The molecule has 7 fully saturated rings. The zero-order valence-corrected chi connectivity index (χ0v) is 85.4. The van der Waals surface area contributed by atoms with Crippen LogP contribution in [-0.2, 0) is 79.8 Å². The minimum absolute atomic E-state index is 0.0216. The number of thiocarbonyl (C=S) groups is 4. The predicted molar refractivity (Wildman–Crippen MR) is 553 cm³/mol. The number of carbonyl (C=O) groups excluding carboxylic acids is 9. The molecule has 4 aromatic carbocycles. The van der Waals surface area contributed by atoms with Crippen molar-refractivity contribution in [1.29, 1.82) is 0 Å². The third kappa shape index (κ3) is 32.3. The topological polar surface area (TPSA) is 305 Å². The number of carboxylic acid groups (broad SMARTS) is 1. The molecule has 2 aromatic heterocycles. The Hall–Kier alpha value is -12.9. The Balaban J connectivity index is 0.000000205. The molecule has 8 heterocycles. The fraction of sp³-hybridized carbons (Fsp3) is 0.398. The Morgan fingerprint density at radius 3 is 1.29 bits per heavy atom. The lowest BCUT2D eigenvalue weighted by molar-refractivity contribution is -0.699. The maximum absolute atomic E-state index is 12.5. The lowest BCUT2D eigenvalue weighted by atomic mass is 10.1. The Labute approximate surface area is 841 Å². The monoisotopic (exact) mass is 2000 g/mol. The second-order valence-corrected chi connectivity index (χ2v) is 34.3. The molecular weight excluding hydrogens is 1870 g/mol. The van der Waals surface area contributed by atoms with Gasteiger partial charge in [-0.2, -0.15) is 18.9 Å². The third-order valence-electron chi connectivity index (χ3n) is 22.3. The van der Waals surface area contributed by atoms with Gasteiger partial charge in [0.15, 0.2) is 29.7 Å². The number of halogens is 1. The van der Waals surface area contributed by atoms with E-state index < -0.39 is 48.0 Å². The van der Waals surface area contributed by atoms with Gasteiger partial charge in [-0.05, 0) is 210 Å². The molecule has 31 nitrogen and oxygen atoms in total. The fourth-order valence-corrected chi connectivity index (χ4v) is 15.4. The number of likely N-dealkylation sites (N-methyl/N-ethyl adjacent to an activating group) is 1. The molecule has 10 amide bonds. The van der Waals surface area contributed by atoms with Crippen molar-refractivity contribution in [3.8, 4) is 0 Å². The van der Waals surface area contributed by atoms with Gasteiger partial charge in [-0.15, -0.1) is 6.58 Å². The van der Waals surface area contributed by atoms with Crippen molar-refractivity contribution in [2.45, 2.75) is 178 Å². The van der Waals surface area contributed by atoms with Crippen LogP contribution in [0.15, 0.2) is 193 Å². The molecule has 0 unspecified atom stereocenters. The summed E-state index contributed by atoms with van der Waals surface area (Å²) in [5.74, 6) is -2.22. The molecule has 0 atom stereocenters. The summed E-state index contributed by atoms with van der Waals surface area (Å²) in [6.07, 6.45) is 26.2. The van der Waals surface area contributed by atoms with E-state index in [2.05, 4.69) is 100 Å². The summed E-state index contributed by atoms with van der Waals surface area (Å²) in [6.45, 7) is 31.8. The number of ether oxygens (including phenoxy) is 8. The molecule has 1 aliphatic carbocycles. The summed E-state index contributed by atoms with van der Waals surface area (Å²) in [7, 11) is 6.93. The molecule has 742 valence electrons. The number of aryl methyl sites for hydroxylation is 2. The minimum atomic E-state index is -1.44. The van der Waals surface area contributed by atoms with Crippen LogP contribution in [0.4, 0.5) is 41.9 Å². The van der Waals surface area contributed by atoms with E-state index in [1.165, 1.54) is 74.7 Å². The number of amides is 10. The number of anilines is 4. The number of carbonyl (C=O) groups is 10. The first kappa shape index (κ1) is 111. The molecule has 6 aliphatic heterocycles. The molecule has 13 rings (SSSR count). The standard InChI is InChI=1S/C21H28N2O3.C19H26N2O2S.C18H20N2O4S.C16H21N2O3S.C15H17ClN2O3.C14H14N2O4S/c1-4-7-14-22(15-8-5-2)18-11-9-17(10-12-18)16-19-20(24)23(13-6-3)21(25)26-19;1-4-5-6-7-8-13-21-18(22)17(23-19(21)24)14-15-9-11-16(12-10-15)20(2)3;1-3-19(4-2)13-7-5-12(6-8-13)11-15-16(21)20(18(25)24-15)17(22)23-14-9-10-14;1-3-4-8-17-9-6-5-7-13(17)12-14-15(19)18(10-11-20-2)16(22)21-14;1-4-18(5-2)11-8-6-10(7-9-11)12(16)13-14(19)17(3)15(20)21-13;1-2-3-7-15-8-5-4-6-10(15)9-11-12(17)16(13(18)19)14(21)20-11/h6,9-12,16H,3-5,7-8,13-15H2,1-2H3;9-12,14H,4-8,13H2,1-3H3;5-8,11,14H,3-4,9-10H2,1-2H3;5-7,9,12H,3-4,8,10-11H2,1-2H3;6-9H,4-5H2,1-3H3;4-6,8-9H,2-3,7H2,1H3/q;;;+1;;/p+1/b19-16+;17-14+;15-11+;14-12+;13-12-;11-9+. The number of imide groups is 4. The van der Waals surface area contributed by atoms with Crippen LogP contribution in [0.2, 0.25) is 0 Å². The van der Waals surface area contributed by atoms with E-state index in [4.69, 9.17) is 103 Å². The summed E-state index contributed by atoms with van der Waals surface area (Å²) in [5.41, 5.74) is 9.34. The summed E-state index contributed by atoms with van der Waals surface area (Å²) >= 11 is 26.2. The Morgan fingerprint density at radius 2 is 0.863 bits per heavy atom. The summed E-state index contributed by atoms with van der Waals surface area (Å²) in [6, 6.07) is 42.6. The van der Waals surface area contributed by atoms with Crippen molar-refractivity contribution in [2.75, 3.05) is 113 Å². The van der Waals surface area contributed by atoms with Crippen molar-refractivity contribution in [2.24, 2.45) is 0 Å². The highest BCUT2D eigenvalue weighted by Gasteiger charge is 2.44. The Kier molecular flexibility index (Phi) is 45.5. The van der Waals surface area contributed by atoms with Crippen LogP contribution in [-0.4, -0.2) is 215 Å². The van der Waals surface area contributed by atoms with Crippen molar-refractivity contribution in [3.63, 3.8) is 0 Å². The van der Waals surface area contributed by atoms with E-state index in [-0.39, 0.29) is 79.0 Å². The maximum atomic E-state index is 12.5. The van der Waals surface area contributed by atoms with Gasteiger partial charge in [0.2, 0.25) is 28.7 Å². The van der Waals surface area contributed by atoms with Gasteiger partial charge >= 0.3 is 36.2 Å². The second-order valence-electron chi connectivity index (χ2n) is 32.5. The average Bonchev–Trinajstić information content (AvgIpc) is 1.63. The highest BCUT2D eigenvalue weighted by atomic mass is 35.5. The first-order valence-electron chi connectivity index (χ1n) is 46.9. The number of rotatable bonds is 38. The molecule has 1 N–H and O–H groups in total. The summed E-state index contributed by atoms with van der Waals surface area (Å²) < 4.78 is 45.5. The van der Waals surface area contributed by atoms with E-state index >= 15 is 0 Å². The normalized spacial score (nSPS) is 16.6. The van der Waals surface area contributed by atoms with E-state index in [0.717, 1.165) is 164 Å². The highest BCUT2D eigenvalue weighted by molar-refractivity contribution is 7.80. The van der Waals surface area contributed by atoms with Crippen LogP contribution in [0.25, 0.3) is 35.4 Å². The van der Waals surface area contributed by atoms with Crippen LogP contribution in [0.5, 0.6) is 0 Å².